The number of hydrogen-bond donors (Lipinski definition) is 3. The quantitative estimate of drug-likeness (QED) is 0.692. The first-order valence-corrected chi connectivity index (χ1v) is 8.67. The van der Waals surface area contributed by atoms with Crippen molar-refractivity contribution in [3.63, 3.8) is 0 Å². The van der Waals surface area contributed by atoms with Crippen LogP contribution in [0.4, 0.5) is 0 Å². The molecule has 1 aromatic rings. The van der Waals surface area contributed by atoms with Crippen molar-refractivity contribution in [1.29, 1.82) is 0 Å². The summed E-state index contributed by atoms with van der Waals surface area (Å²) in [5.74, 6) is 0.143. The lowest BCUT2D eigenvalue weighted by atomic mass is 10.1. The Labute approximate surface area is 144 Å². The van der Waals surface area contributed by atoms with Crippen LogP contribution in [0.5, 0.6) is 5.75 Å². The van der Waals surface area contributed by atoms with Crippen molar-refractivity contribution in [2.24, 2.45) is 0 Å². The highest BCUT2D eigenvalue weighted by atomic mass is 16.3. The third-order valence-corrected chi connectivity index (χ3v) is 4.70. The van der Waals surface area contributed by atoms with Gasteiger partial charge in [0.25, 0.3) is 0 Å². The van der Waals surface area contributed by atoms with Gasteiger partial charge in [-0.25, -0.2) is 0 Å². The summed E-state index contributed by atoms with van der Waals surface area (Å²) in [7, 11) is 1.99. The molecule has 1 aromatic carbocycles. The van der Waals surface area contributed by atoms with Crippen LogP contribution in [0, 0.1) is 0 Å². The molecule has 1 atom stereocenters. The second kappa shape index (κ2) is 9.01. The SMILES string of the molecule is CCN(C[C@@H](O)c1cccc(O)c1)C(=O)CN(C)C1CCNCC1. The van der Waals surface area contributed by atoms with Gasteiger partial charge in [-0.15, -0.1) is 0 Å². The summed E-state index contributed by atoms with van der Waals surface area (Å²) >= 11 is 0. The van der Waals surface area contributed by atoms with Crippen LogP contribution in [-0.4, -0.2) is 71.7 Å². The molecule has 1 amide bonds. The summed E-state index contributed by atoms with van der Waals surface area (Å²) in [6.07, 6.45) is 1.31. The highest BCUT2D eigenvalue weighted by Gasteiger charge is 2.23. The van der Waals surface area contributed by atoms with Crippen molar-refractivity contribution in [3.8, 4) is 5.75 Å². The Morgan fingerprint density at radius 2 is 2.08 bits per heavy atom. The van der Waals surface area contributed by atoms with Crippen molar-refractivity contribution in [2.75, 3.05) is 39.8 Å². The molecule has 24 heavy (non-hydrogen) atoms. The van der Waals surface area contributed by atoms with Crippen LogP contribution in [-0.2, 0) is 4.79 Å². The summed E-state index contributed by atoms with van der Waals surface area (Å²) in [4.78, 5) is 16.4. The Morgan fingerprint density at radius 3 is 2.71 bits per heavy atom. The Kier molecular flexibility index (Phi) is 7.02. The van der Waals surface area contributed by atoms with E-state index in [1.54, 1.807) is 23.1 Å². The Balaban J connectivity index is 1.90. The topological polar surface area (TPSA) is 76.0 Å². The van der Waals surface area contributed by atoms with Crippen LogP contribution in [0.2, 0.25) is 0 Å². The molecule has 2 rings (SSSR count). The average Bonchev–Trinajstić information content (AvgIpc) is 2.60. The van der Waals surface area contributed by atoms with Gasteiger partial charge in [0, 0.05) is 12.6 Å². The smallest absolute Gasteiger partial charge is 0.236 e. The molecule has 0 spiro atoms. The molecule has 3 N–H and O–H groups in total. The molecule has 1 aliphatic rings. The van der Waals surface area contributed by atoms with Gasteiger partial charge in [0.05, 0.1) is 19.2 Å². The van der Waals surface area contributed by atoms with E-state index in [1.165, 1.54) is 6.07 Å². The number of likely N-dealkylation sites (N-methyl/N-ethyl adjacent to an activating group) is 2. The number of aromatic hydroxyl groups is 1. The standard InChI is InChI=1S/C18H29N3O3/c1-3-21(12-17(23)14-5-4-6-16(22)11-14)18(24)13-20(2)15-7-9-19-10-8-15/h4-6,11,15,17,19,22-23H,3,7-10,12-13H2,1-2H3/t17-/m1/s1. The minimum absolute atomic E-state index is 0.0257. The van der Waals surface area contributed by atoms with Crippen LogP contribution < -0.4 is 5.32 Å². The summed E-state index contributed by atoms with van der Waals surface area (Å²) < 4.78 is 0. The first-order valence-electron chi connectivity index (χ1n) is 8.67. The molecule has 0 aliphatic carbocycles. The fourth-order valence-corrected chi connectivity index (χ4v) is 3.14. The first kappa shape index (κ1) is 18.7. The molecule has 0 radical (unpaired) electrons. The van der Waals surface area contributed by atoms with Crippen LogP contribution in [0.15, 0.2) is 24.3 Å². The van der Waals surface area contributed by atoms with Crippen LogP contribution in [0.1, 0.15) is 31.4 Å². The third kappa shape index (κ3) is 5.19. The number of hydrogen-bond acceptors (Lipinski definition) is 5. The van der Waals surface area contributed by atoms with Crippen molar-refractivity contribution in [1.82, 2.24) is 15.1 Å². The number of amides is 1. The van der Waals surface area contributed by atoms with E-state index in [-0.39, 0.29) is 18.2 Å². The Morgan fingerprint density at radius 1 is 1.38 bits per heavy atom. The highest BCUT2D eigenvalue weighted by Crippen LogP contribution is 2.19. The minimum atomic E-state index is -0.801. The number of phenols is 1. The number of carbonyl (C=O) groups excluding carboxylic acids is 1. The van der Waals surface area contributed by atoms with Gasteiger partial charge in [0.2, 0.25) is 5.91 Å². The van der Waals surface area contributed by atoms with Gasteiger partial charge < -0.3 is 20.4 Å². The maximum Gasteiger partial charge on any atom is 0.236 e. The lowest BCUT2D eigenvalue weighted by Crippen LogP contribution is -2.47. The molecule has 1 saturated heterocycles. The van der Waals surface area contributed by atoms with E-state index in [0.717, 1.165) is 25.9 Å². The van der Waals surface area contributed by atoms with E-state index in [1.807, 2.05) is 14.0 Å². The van der Waals surface area contributed by atoms with Gasteiger partial charge >= 0.3 is 0 Å². The van der Waals surface area contributed by atoms with E-state index < -0.39 is 6.10 Å². The second-order valence-corrected chi connectivity index (χ2v) is 6.44. The third-order valence-electron chi connectivity index (χ3n) is 4.70. The molecule has 0 unspecified atom stereocenters. The molecule has 6 heteroatoms. The number of phenolic OH excluding ortho intramolecular Hbond substituents is 1. The van der Waals surface area contributed by atoms with Gasteiger partial charge in [0.15, 0.2) is 0 Å². The number of aliphatic hydroxyl groups excluding tert-OH is 1. The van der Waals surface area contributed by atoms with Crippen LogP contribution >= 0.6 is 0 Å². The fraction of sp³-hybridized carbons (Fsp3) is 0.611. The van der Waals surface area contributed by atoms with Crippen LogP contribution in [0.25, 0.3) is 0 Å². The summed E-state index contributed by atoms with van der Waals surface area (Å²) in [6.45, 7) is 5.06. The molecule has 1 fully saturated rings. The van der Waals surface area contributed by atoms with Crippen molar-refractivity contribution < 1.29 is 15.0 Å². The Hall–Kier alpha value is -1.63. The normalized spacial score (nSPS) is 17.0. The van der Waals surface area contributed by atoms with Gasteiger partial charge in [-0.2, -0.15) is 0 Å². The zero-order chi connectivity index (χ0) is 17.5. The molecule has 0 aromatic heterocycles. The number of carbonyl (C=O) groups is 1. The second-order valence-electron chi connectivity index (χ2n) is 6.44. The summed E-state index contributed by atoms with van der Waals surface area (Å²) in [5, 5.41) is 23.2. The van der Waals surface area contributed by atoms with Crippen molar-refractivity contribution in [2.45, 2.75) is 31.9 Å². The maximum absolute atomic E-state index is 12.6. The van der Waals surface area contributed by atoms with E-state index in [0.29, 0.717) is 24.7 Å². The number of nitrogens with zero attached hydrogens (tertiary/aromatic N) is 2. The molecular formula is C18H29N3O3. The van der Waals surface area contributed by atoms with E-state index in [4.69, 9.17) is 0 Å². The minimum Gasteiger partial charge on any atom is -0.508 e. The fourth-order valence-electron chi connectivity index (χ4n) is 3.14. The number of aliphatic hydroxyl groups is 1. The zero-order valence-electron chi connectivity index (χ0n) is 14.6. The lowest BCUT2D eigenvalue weighted by Gasteiger charge is -2.33. The molecular weight excluding hydrogens is 306 g/mol. The maximum atomic E-state index is 12.6. The zero-order valence-corrected chi connectivity index (χ0v) is 14.6. The molecule has 1 heterocycles. The van der Waals surface area contributed by atoms with Gasteiger partial charge in [-0.05, 0) is 57.6 Å². The first-order chi connectivity index (χ1) is 11.5. The predicted molar refractivity (Wildman–Crippen MR) is 93.8 cm³/mol. The predicted octanol–water partition coefficient (Wildman–Crippen LogP) is 0.958. The summed E-state index contributed by atoms with van der Waals surface area (Å²) in [6, 6.07) is 6.97. The van der Waals surface area contributed by atoms with Gasteiger partial charge in [0.1, 0.15) is 5.75 Å². The van der Waals surface area contributed by atoms with Gasteiger partial charge in [-0.3, -0.25) is 9.69 Å². The van der Waals surface area contributed by atoms with Crippen LogP contribution in [0.3, 0.4) is 0 Å². The molecule has 0 bridgehead atoms. The van der Waals surface area contributed by atoms with E-state index in [2.05, 4.69) is 10.2 Å². The number of benzene rings is 1. The van der Waals surface area contributed by atoms with Crippen molar-refractivity contribution >= 4 is 5.91 Å². The molecule has 6 nitrogen and oxygen atoms in total. The number of piperidine rings is 1. The largest absolute Gasteiger partial charge is 0.508 e. The van der Waals surface area contributed by atoms with E-state index in [9.17, 15) is 15.0 Å². The average molecular weight is 335 g/mol. The number of nitrogens with one attached hydrogen (secondary N) is 1. The number of rotatable bonds is 7. The lowest BCUT2D eigenvalue weighted by molar-refractivity contribution is -0.134. The molecule has 1 aliphatic heterocycles. The van der Waals surface area contributed by atoms with Crippen molar-refractivity contribution in [3.05, 3.63) is 29.8 Å². The highest BCUT2D eigenvalue weighted by molar-refractivity contribution is 5.78. The summed E-state index contributed by atoms with van der Waals surface area (Å²) in [5.41, 5.74) is 0.618. The monoisotopic (exact) mass is 335 g/mol. The Bertz CT molecular complexity index is 532. The van der Waals surface area contributed by atoms with E-state index >= 15 is 0 Å². The molecule has 134 valence electrons. The molecule has 0 saturated carbocycles. The van der Waals surface area contributed by atoms with Gasteiger partial charge in [-0.1, -0.05) is 12.1 Å².